The van der Waals surface area contributed by atoms with Crippen LogP contribution in [0.15, 0.2) is 0 Å². The lowest BCUT2D eigenvalue weighted by Gasteiger charge is -2.60. The van der Waals surface area contributed by atoms with Crippen molar-refractivity contribution in [2.75, 3.05) is 6.61 Å². The lowest BCUT2D eigenvalue weighted by Crippen LogP contribution is -2.61. The number of ether oxygens (including phenoxy) is 1. The molecule has 0 bridgehead atoms. The highest BCUT2D eigenvalue weighted by molar-refractivity contribution is 5.77. The highest BCUT2D eigenvalue weighted by Crippen LogP contribution is 2.65. The molecule has 0 aromatic heterocycles. The molecule has 0 spiro atoms. The molecule has 27 heavy (non-hydrogen) atoms. The molecule has 1 N–H and O–H groups in total. The monoisotopic (exact) mass is 372 g/mol. The number of hydrogen-bond acceptors (Lipinski definition) is 4. The smallest absolute Gasteiger partial charge is 0.309 e. The second kappa shape index (κ2) is 6.79. The second-order valence-electron chi connectivity index (χ2n) is 9.83. The van der Waals surface area contributed by atoms with Gasteiger partial charge in [-0.1, -0.05) is 13.8 Å². The largest absolute Gasteiger partial charge is 0.464 e. The van der Waals surface area contributed by atoms with Crippen molar-refractivity contribution in [2.24, 2.45) is 34.5 Å². The minimum atomic E-state index is -0.0847. The van der Waals surface area contributed by atoms with E-state index in [0.717, 1.165) is 38.5 Å². The Morgan fingerprint density at radius 1 is 1.15 bits per heavy atom. The topological polar surface area (TPSA) is 79.2 Å². The Morgan fingerprint density at radius 3 is 2.70 bits per heavy atom. The predicted octanol–water partition coefficient (Wildman–Crippen LogP) is 3.58. The SMILES string of the molecule is C[C@]12CCC(=O)NC1CC[C@@H]1[C@H]2CC[C@]2(C)C(C(=O)OCCC#N)CC[C@@H]12. The molecule has 2 unspecified atom stereocenters. The van der Waals surface area contributed by atoms with Crippen molar-refractivity contribution in [3.05, 3.63) is 0 Å². The Balaban J connectivity index is 1.51. The van der Waals surface area contributed by atoms with Crippen LogP contribution in [0, 0.1) is 45.8 Å². The molecule has 7 atom stereocenters. The maximum absolute atomic E-state index is 12.7. The van der Waals surface area contributed by atoms with Crippen LogP contribution in [0.5, 0.6) is 0 Å². The van der Waals surface area contributed by atoms with Gasteiger partial charge in [-0.3, -0.25) is 9.59 Å². The van der Waals surface area contributed by atoms with Gasteiger partial charge in [0.1, 0.15) is 6.61 Å². The van der Waals surface area contributed by atoms with Gasteiger partial charge in [0, 0.05) is 12.5 Å². The molecule has 5 nitrogen and oxygen atoms in total. The number of piperidine rings is 1. The normalized spacial score (nSPS) is 45.7. The van der Waals surface area contributed by atoms with Crippen LogP contribution < -0.4 is 5.32 Å². The number of nitriles is 1. The van der Waals surface area contributed by atoms with E-state index in [1.165, 1.54) is 6.42 Å². The van der Waals surface area contributed by atoms with Crippen LogP contribution in [0.2, 0.25) is 0 Å². The standard InChI is InChI=1S/C22H32N2O3/c1-21-10-8-16-14(4-7-18-22(16,2)11-9-19(25)24-18)15(21)5-6-17(21)20(26)27-13-3-12-23/h14-18H,3-11,13H2,1-2H3,(H,24,25)/t14-,15-,16+,17?,18?,21-,22+/m0/s1. The van der Waals surface area contributed by atoms with Crippen molar-refractivity contribution in [2.45, 2.75) is 77.7 Å². The zero-order valence-electron chi connectivity index (χ0n) is 16.6. The van der Waals surface area contributed by atoms with Crippen molar-refractivity contribution < 1.29 is 14.3 Å². The summed E-state index contributed by atoms with van der Waals surface area (Å²) in [5.41, 5.74) is 0.246. The number of esters is 1. The quantitative estimate of drug-likeness (QED) is 0.607. The first-order valence-electron chi connectivity index (χ1n) is 10.7. The van der Waals surface area contributed by atoms with Crippen LogP contribution in [0.3, 0.4) is 0 Å². The van der Waals surface area contributed by atoms with Crippen LogP contribution in [-0.2, 0) is 14.3 Å². The van der Waals surface area contributed by atoms with Crippen molar-refractivity contribution in [1.29, 1.82) is 5.26 Å². The summed E-state index contributed by atoms with van der Waals surface area (Å²) in [6.07, 6.45) is 8.45. The minimum Gasteiger partial charge on any atom is -0.464 e. The summed E-state index contributed by atoms with van der Waals surface area (Å²) in [6, 6.07) is 2.37. The van der Waals surface area contributed by atoms with Crippen molar-refractivity contribution >= 4 is 11.9 Å². The van der Waals surface area contributed by atoms with E-state index < -0.39 is 0 Å². The molecule has 0 radical (unpaired) electrons. The first kappa shape index (κ1) is 18.8. The van der Waals surface area contributed by atoms with E-state index in [2.05, 4.69) is 19.2 Å². The van der Waals surface area contributed by atoms with Crippen molar-refractivity contribution in [3.8, 4) is 6.07 Å². The van der Waals surface area contributed by atoms with Crippen LogP contribution in [0.25, 0.3) is 0 Å². The van der Waals surface area contributed by atoms with E-state index in [1.807, 2.05) is 6.07 Å². The van der Waals surface area contributed by atoms with Gasteiger partial charge in [-0.2, -0.15) is 5.26 Å². The van der Waals surface area contributed by atoms with Crippen LogP contribution in [0.1, 0.15) is 71.6 Å². The second-order valence-corrected chi connectivity index (χ2v) is 9.83. The lowest BCUT2D eigenvalue weighted by atomic mass is 9.47. The number of nitrogens with zero attached hydrogens (tertiary/aromatic N) is 1. The van der Waals surface area contributed by atoms with Crippen LogP contribution >= 0.6 is 0 Å². The van der Waals surface area contributed by atoms with Gasteiger partial charge in [-0.05, 0) is 73.5 Å². The maximum Gasteiger partial charge on any atom is 0.309 e. The summed E-state index contributed by atoms with van der Waals surface area (Å²) >= 11 is 0. The fraction of sp³-hybridized carbons (Fsp3) is 0.864. The Hall–Kier alpha value is -1.57. The van der Waals surface area contributed by atoms with Crippen LogP contribution in [-0.4, -0.2) is 24.5 Å². The van der Waals surface area contributed by atoms with E-state index in [4.69, 9.17) is 10.00 Å². The molecule has 1 amide bonds. The average molecular weight is 373 g/mol. The lowest BCUT2D eigenvalue weighted by molar-refractivity contribution is -0.158. The summed E-state index contributed by atoms with van der Waals surface area (Å²) in [7, 11) is 0. The molecule has 4 rings (SSSR count). The number of hydrogen-bond donors (Lipinski definition) is 1. The summed E-state index contributed by atoms with van der Waals surface area (Å²) in [5, 5.41) is 12.0. The third kappa shape index (κ3) is 2.87. The number of rotatable bonds is 3. The highest BCUT2D eigenvalue weighted by Gasteiger charge is 2.61. The summed E-state index contributed by atoms with van der Waals surface area (Å²) < 4.78 is 5.43. The molecule has 4 fully saturated rings. The third-order valence-corrected chi connectivity index (χ3v) is 8.84. The molecular weight excluding hydrogens is 340 g/mol. The van der Waals surface area contributed by atoms with E-state index in [0.29, 0.717) is 30.2 Å². The van der Waals surface area contributed by atoms with E-state index in [1.54, 1.807) is 0 Å². The summed E-state index contributed by atoms with van der Waals surface area (Å²) in [5.74, 6) is 2.02. The molecule has 0 aromatic rings. The Morgan fingerprint density at radius 2 is 1.93 bits per heavy atom. The van der Waals surface area contributed by atoms with E-state index in [-0.39, 0.29) is 41.7 Å². The minimum absolute atomic E-state index is 0.0151. The van der Waals surface area contributed by atoms with Gasteiger partial charge in [0.15, 0.2) is 0 Å². The highest BCUT2D eigenvalue weighted by atomic mass is 16.5. The van der Waals surface area contributed by atoms with Crippen molar-refractivity contribution in [3.63, 3.8) is 0 Å². The van der Waals surface area contributed by atoms with E-state index in [9.17, 15) is 9.59 Å². The zero-order valence-corrected chi connectivity index (χ0v) is 16.6. The third-order valence-electron chi connectivity index (χ3n) is 8.84. The van der Waals surface area contributed by atoms with Gasteiger partial charge in [0.25, 0.3) is 0 Å². The molecule has 3 aliphatic carbocycles. The molecule has 1 saturated heterocycles. The number of amides is 1. The number of carbonyl (C=O) groups excluding carboxylic acids is 2. The fourth-order valence-corrected chi connectivity index (χ4v) is 7.39. The zero-order chi connectivity index (χ0) is 19.2. The Bertz CT molecular complexity index is 671. The summed E-state index contributed by atoms with van der Waals surface area (Å²) in [4.78, 5) is 24.6. The van der Waals surface area contributed by atoms with Gasteiger partial charge in [0.2, 0.25) is 5.91 Å². The molecule has 5 heteroatoms. The van der Waals surface area contributed by atoms with Gasteiger partial charge in [-0.25, -0.2) is 0 Å². The predicted molar refractivity (Wildman–Crippen MR) is 100 cm³/mol. The fourth-order valence-electron chi connectivity index (χ4n) is 7.39. The van der Waals surface area contributed by atoms with Crippen molar-refractivity contribution in [1.82, 2.24) is 5.32 Å². The average Bonchev–Trinajstić information content (AvgIpc) is 3.00. The first-order valence-corrected chi connectivity index (χ1v) is 10.7. The number of carbonyl (C=O) groups is 2. The van der Waals surface area contributed by atoms with E-state index >= 15 is 0 Å². The molecule has 4 aliphatic rings. The molecule has 3 saturated carbocycles. The van der Waals surface area contributed by atoms with Gasteiger partial charge in [0.05, 0.1) is 18.4 Å². The molecule has 1 aliphatic heterocycles. The number of nitrogens with one attached hydrogen (secondary N) is 1. The Labute approximate surface area is 162 Å². The number of fused-ring (bicyclic) bond motifs is 5. The molecule has 1 heterocycles. The molecule has 148 valence electrons. The molecular formula is C22H32N2O3. The molecule has 0 aromatic carbocycles. The van der Waals surface area contributed by atoms with Gasteiger partial charge >= 0.3 is 5.97 Å². The Kier molecular flexibility index (Phi) is 4.72. The van der Waals surface area contributed by atoms with Crippen LogP contribution in [0.4, 0.5) is 0 Å². The first-order chi connectivity index (χ1) is 12.9. The maximum atomic E-state index is 12.7. The van der Waals surface area contributed by atoms with Gasteiger partial charge < -0.3 is 10.1 Å². The summed E-state index contributed by atoms with van der Waals surface area (Å²) in [6.45, 7) is 4.94. The van der Waals surface area contributed by atoms with Gasteiger partial charge in [-0.15, -0.1) is 0 Å².